The molecule has 1 unspecified atom stereocenters. The third kappa shape index (κ3) is 2.12. The maximum absolute atomic E-state index is 12.9. The summed E-state index contributed by atoms with van der Waals surface area (Å²) in [7, 11) is 0. The van der Waals surface area contributed by atoms with Crippen LogP contribution in [0.3, 0.4) is 0 Å². The van der Waals surface area contributed by atoms with Crippen molar-refractivity contribution in [1.82, 2.24) is 5.01 Å². The average Bonchev–Trinajstić information content (AvgIpc) is 2.81. The first-order chi connectivity index (χ1) is 8.65. The normalized spacial score (nSPS) is 23.7. The van der Waals surface area contributed by atoms with Crippen LogP contribution in [0.25, 0.3) is 0 Å². The van der Waals surface area contributed by atoms with E-state index in [0.717, 1.165) is 0 Å². The van der Waals surface area contributed by atoms with E-state index < -0.39 is 24.2 Å². The van der Waals surface area contributed by atoms with Crippen LogP contribution >= 0.6 is 0 Å². The van der Waals surface area contributed by atoms with Gasteiger partial charge >= 0.3 is 12.1 Å². The molecule has 1 aromatic rings. The number of hydrazone groups is 1. The van der Waals surface area contributed by atoms with Gasteiger partial charge < -0.3 is 9.52 Å². The molecule has 0 spiro atoms. The van der Waals surface area contributed by atoms with Gasteiger partial charge in [0.15, 0.2) is 5.76 Å². The topological polar surface area (TPSA) is 66.0 Å². The van der Waals surface area contributed by atoms with Gasteiger partial charge in [-0.25, -0.2) is 0 Å². The van der Waals surface area contributed by atoms with E-state index in [-0.39, 0.29) is 16.5 Å². The monoisotopic (exact) mass is 276 g/mol. The number of halogens is 3. The van der Waals surface area contributed by atoms with Crippen LogP contribution in [0, 0.1) is 6.92 Å². The molecule has 2 heterocycles. The highest BCUT2D eigenvalue weighted by Crippen LogP contribution is 2.40. The Morgan fingerprint density at radius 2 is 2.11 bits per heavy atom. The quantitative estimate of drug-likeness (QED) is 0.853. The molecule has 0 aromatic carbocycles. The molecule has 0 fully saturated rings. The number of rotatable bonds is 1. The van der Waals surface area contributed by atoms with E-state index in [0.29, 0.717) is 5.76 Å². The van der Waals surface area contributed by atoms with Crippen molar-refractivity contribution in [3.63, 3.8) is 0 Å². The van der Waals surface area contributed by atoms with Crippen molar-refractivity contribution >= 4 is 11.6 Å². The molecule has 104 valence electrons. The summed E-state index contributed by atoms with van der Waals surface area (Å²) in [4.78, 5) is 11.9. The zero-order valence-electron chi connectivity index (χ0n) is 10.2. The number of aliphatic hydroxyl groups is 1. The van der Waals surface area contributed by atoms with Crippen LogP contribution in [-0.2, 0) is 0 Å². The third-order valence-corrected chi connectivity index (χ3v) is 2.72. The lowest BCUT2D eigenvalue weighted by molar-refractivity contribution is -0.297. The highest BCUT2D eigenvalue weighted by atomic mass is 19.4. The Kier molecular flexibility index (Phi) is 2.93. The molecule has 0 radical (unpaired) electrons. The summed E-state index contributed by atoms with van der Waals surface area (Å²) in [6.07, 6.45) is -5.78. The van der Waals surface area contributed by atoms with Crippen LogP contribution in [0.5, 0.6) is 0 Å². The van der Waals surface area contributed by atoms with E-state index in [4.69, 9.17) is 4.42 Å². The number of hydrogen-bond acceptors (Lipinski definition) is 4. The van der Waals surface area contributed by atoms with Crippen molar-refractivity contribution in [3.8, 4) is 0 Å². The van der Waals surface area contributed by atoms with Crippen molar-refractivity contribution < 1.29 is 27.5 Å². The smallest absolute Gasteiger partial charge is 0.438 e. The molecule has 0 aliphatic carbocycles. The van der Waals surface area contributed by atoms with E-state index in [1.807, 2.05) is 0 Å². The predicted molar refractivity (Wildman–Crippen MR) is 58.3 cm³/mol. The van der Waals surface area contributed by atoms with Crippen LogP contribution in [-0.4, -0.2) is 33.6 Å². The third-order valence-electron chi connectivity index (χ3n) is 2.72. The van der Waals surface area contributed by atoms with Crippen LogP contribution in [0.4, 0.5) is 13.2 Å². The Morgan fingerprint density at radius 1 is 1.47 bits per heavy atom. The molecule has 5 nitrogen and oxygen atoms in total. The van der Waals surface area contributed by atoms with Crippen LogP contribution in [0.2, 0.25) is 0 Å². The summed E-state index contributed by atoms with van der Waals surface area (Å²) in [5.41, 5.74) is -3.31. The average molecular weight is 276 g/mol. The largest absolute Gasteiger partial charge is 0.456 e. The Labute approximate surface area is 106 Å². The second kappa shape index (κ2) is 4.09. The fourth-order valence-electron chi connectivity index (χ4n) is 1.81. The molecule has 1 aliphatic rings. The van der Waals surface area contributed by atoms with Crippen molar-refractivity contribution in [3.05, 3.63) is 23.7 Å². The van der Waals surface area contributed by atoms with Gasteiger partial charge in [0.1, 0.15) is 5.76 Å². The maximum Gasteiger partial charge on any atom is 0.438 e. The van der Waals surface area contributed by atoms with Gasteiger partial charge in [-0.2, -0.15) is 23.3 Å². The molecule has 8 heteroatoms. The van der Waals surface area contributed by atoms with E-state index in [9.17, 15) is 23.1 Å². The lowest BCUT2D eigenvalue weighted by Crippen LogP contribution is -2.56. The molecule has 2 rings (SSSR count). The summed E-state index contributed by atoms with van der Waals surface area (Å²) in [5, 5.41) is 13.2. The molecular formula is C11H11F3N2O3. The minimum Gasteiger partial charge on any atom is -0.456 e. The van der Waals surface area contributed by atoms with Crippen molar-refractivity contribution in [2.45, 2.75) is 32.2 Å². The minimum atomic E-state index is -5.01. The number of aryl methyl sites for hydroxylation is 1. The molecule has 0 saturated carbocycles. The fraction of sp³-hybridized carbons (Fsp3) is 0.455. The lowest BCUT2D eigenvalue weighted by Gasteiger charge is -2.32. The molecular weight excluding hydrogens is 265 g/mol. The number of carbonyl (C=O) groups is 1. The highest BCUT2D eigenvalue weighted by molar-refractivity contribution is 5.96. The van der Waals surface area contributed by atoms with Crippen LogP contribution < -0.4 is 0 Å². The van der Waals surface area contributed by atoms with Crippen LogP contribution in [0.15, 0.2) is 21.7 Å². The van der Waals surface area contributed by atoms with Crippen molar-refractivity contribution in [1.29, 1.82) is 0 Å². The molecule has 0 saturated heterocycles. The van der Waals surface area contributed by atoms with E-state index in [1.54, 1.807) is 6.92 Å². The Balaban J connectivity index is 2.39. The summed E-state index contributed by atoms with van der Waals surface area (Å²) >= 11 is 0. The summed E-state index contributed by atoms with van der Waals surface area (Å²) in [5.74, 6) is -1.07. The summed E-state index contributed by atoms with van der Waals surface area (Å²) < 4.78 is 43.7. The first kappa shape index (κ1) is 13.6. The first-order valence-electron chi connectivity index (χ1n) is 5.39. The number of alkyl halides is 3. The zero-order chi connectivity index (χ0) is 14.4. The Hall–Kier alpha value is -1.83. The zero-order valence-corrected chi connectivity index (χ0v) is 10.2. The molecule has 1 amide bonds. The van der Waals surface area contributed by atoms with Crippen molar-refractivity contribution in [2.24, 2.45) is 5.10 Å². The van der Waals surface area contributed by atoms with E-state index >= 15 is 0 Å². The molecule has 1 atom stereocenters. The molecule has 1 aromatic heterocycles. The number of amides is 1. The van der Waals surface area contributed by atoms with E-state index in [2.05, 4.69) is 5.10 Å². The van der Waals surface area contributed by atoms with Gasteiger partial charge in [0.2, 0.25) is 0 Å². The molecule has 1 N–H and O–H groups in total. The maximum atomic E-state index is 12.9. The molecule has 1 aliphatic heterocycles. The van der Waals surface area contributed by atoms with Gasteiger partial charge in [-0.15, -0.1) is 0 Å². The van der Waals surface area contributed by atoms with E-state index in [1.165, 1.54) is 19.1 Å². The van der Waals surface area contributed by atoms with Gasteiger partial charge in [0.05, 0.1) is 0 Å². The molecule has 0 bridgehead atoms. The summed E-state index contributed by atoms with van der Waals surface area (Å²) in [6, 6.07) is 2.67. The van der Waals surface area contributed by atoms with Gasteiger partial charge in [-0.05, 0) is 26.0 Å². The minimum absolute atomic E-state index is 0.0106. The second-order valence-electron chi connectivity index (χ2n) is 4.35. The lowest BCUT2D eigenvalue weighted by atomic mass is 10.1. The Bertz CT molecular complexity index is 550. The standard InChI is InChI=1S/C11H11F3N2O3/c1-6-5-10(18,11(12,13)14)16(15-6)9(17)8-4-3-7(2)19-8/h3-4,18H,5H2,1-2H3. The van der Waals surface area contributed by atoms with Gasteiger partial charge in [0.25, 0.3) is 5.72 Å². The van der Waals surface area contributed by atoms with Crippen molar-refractivity contribution in [2.75, 3.05) is 0 Å². The second-order valence-corrected chi connectivity index (χ2v) is 4.35. The highest BCUT2D eigenvalue weighted by Gasteiger charge is 2.63. The number of furan rings is 1. The van der Waals surface area contributed by atoms with Gasteiger partial charge in [0, 0.05) is 12.1 Å². The summed E-state index contributed by atoms with van der Waals surface area (Å²) in [6.45, 7) is 2.85. The number of carbonyl (C=O) groups excluding carboxylic acids is 1. The number of nitrogens with zero attached hydrogens (tertiary/aromatic N) is 2. The first-order valence-corrected chi connectivity index (χ1v) is 5.39. The predicted octanol–water partition coefficient (Wildman–Crippen LogP) is 2.06. The fourth-order valence-corrected chi connectivity index (χ4v) is 1.81. The SMILES string of the molecule is CC1=NN(C(=O)c2ccc(C)o2)C(O)(C(F)(F)F)C1. The van der Waals surface area contributed by atoms with Gasteiger partial charge in [-0.1, -0.05) is 0 Å². The Morgan fingerprint density at radius 3 is 2.58 bits per heavy atom. The van der Waals surface area contributed by atoms with Gasteiger partial charge in [-0.3, -0.25) is 4.79 Å². The number of hydrogen-bond donors (Lipinski definition) is 1. The molecule has 19 heavy (non-hydrogen) atoms. The van der Waals surface area contributed by atoms with Crippen LogP contribution in [0.1, 0.15) is 29.7 Å².